The van der Waals surface area contributed by atoms with Gasteiger partial charge in [0.2, 0.25) is 0 Å². The average molecular weight is 224 g/mol. The fourth-order valence-electron chi connectivity index (χ4n) is 1.21. The number of nitrogens with one attached hydrogen (secondary N) is 2. The first kappa shape index (κ1) is 11.9. The standard InChI is InChI=1S/C11H16N2OS/c1-2-12-11(15)13-8-10(14)9-6-4-3-5-7-9/h3-7,10,14H,2,8H2,1H3,(H2,12,13,15). The van der Waals surface area contributed by atoms with Gasteiger partial charge in [0.25, 0.3) is 0 Å². The van der Waals surface area contributed by atoms with Crippen LogP contribution in [0.2, 0.25) is 0 Å². The monoisotopic (exact) mass is 224 g/mol. The lowest BCUT2D eigenvalue weighted by molar-refractivity contribution is 0.181. The molecule has 1 unspecified atom stereocenters. The van der Waals surface area contributed by atoms with Crippen LogP contribution in [0.1, 0.15) is 18.6 Å². The van der Waals surface area contributed by atoms with Crippen LogP contribution in [0.15, 0.2) is 30.3 Å². The summed E-state index contributed by atoms with van der Waals surface area (Å²) in [6.45, 7) is 3.19. The summed E-state index contributed by atoms with van der Waals surface area (Å²) in [5, 5.41) is 16.3. The first-order chi connectivity index (χ1) is 7.24. The van der Waals surface area contributed by atoms with Crippen molar-refractivity contribution in [2.75, 3.05) is 13.1 Å². The van der Waals surface area contributed by atoms with Gasteiger partial charge in [0.15, 0.2) is 5.11 Å². The van der Waals surface area contributed by atoms with Gasteiger partial charge in [0.1, 0.15) is 0 Å². The van der Waals surface area contributed by atoms with Gasteiger partial charge in [-0.1, -0.05) is 30.3 Å². The Kier molecular flexibility index (Phi) is 5.07. The first-order valence-corrected chi connectivity index (χ1v) is 5.39. The SMILES string of the molecule is CCNC(=S)NCC(O)c1ccccc1. The van der Waals surface area contributed by atoms with Gasteiger partial charge in [0, 0.05) is 13.1 Å². The van der Waals surface area contributed by atoms with Crippen LogP contribution < -0.4 is 10.6 Å². The molecule has 1 atom stereocenters. The van der Waals surface area contributed by atoms with Crippen LogP contribution in [0.25, 0.3) is 0 Å². The summed E-state index contributed by atoms with van der Waals surface area (Å²) in [5.74, 6) is 0. The molecule has 0 radical (unpaired) electrons. The maximum Gasteiger partial charge on any atom is 0.166 e. The molecule has 0 heterocycles. The second-order valence-electron chi connectivity index (χ2n) is 3.17. The van der Waals surface area contributed by atoms with Gasteiger partial charge < -0.3 is 15.7 Å². The van der Waals surface area contributed by atoms with Gasteiger partial charge in [-0.05, 0) is 24.7 Å². The zero-order chi connectivity index (χ0) is 11.1. The second-order valence-corrected chi connectivity index (χ2v) is 3.58. The summed E-state index contributed by atoms with van der Waals surface area (Å²) in [4.78, 5) is 0. The smallest absolute Gasteiger partial charge is 0.166 e. The molecule has 0 fully saturated rings. The number of aliphatic hydroxyl groups excluding tert-OH is 1. The Bertz CT molecular complexity index is 303. The third kappa shape index (κ3) is 4.27. The molecule has 0 aliphatic heterocycles. The Balaban J connectivity index is 2.37. The van der Waals surface area contributed by atoms with Crippen molar-refractivity contribution in [1.29, 1.82) is 0 Å². The Morgan fingerprint density at radius 2 is 2.00 bits per heavy atom. The van der Waals surface area contributed by atoms with E-state index in [2.05, 4.69) is 10.6 Å². The van der Waals surface area contributed by atoms with E-state index in [0.29, 0.717) is 11.7 Å². The molecule has 82 valence electrons. The number of benzene rings is 1. The Labute approximate surface area is 95.5 Å². The van der Waals surface area contributed by atoms with Crippen molar-refractivity contribution in [3.8, 4) is 0 Å². The number of hydrogen-bond acceptors (Lipinski definition) is 2. The van der Waals surface area contributed by atoms with E-state index in [1.165, 1.54) is 0 Å². The summed E-state index contributed by atoms with van der Waals surface area (Å²) in [5.41, 5.74) is 0.893. The van der Waals surface area contributed by atoms with E-state index in [-0.39, 0.29) is 0 Å². The average Bonchev–Trinajstić information content (AvgIpc) is 2.27. The van der Waals surface area contributed by atoms with Crippen LogP contribution in [-0.2, 0) is 0 Å². The molecule has 0 spiro atoms. The maximum atomic E-state index is 9.79. The third-order valence-electron chi connectivity index (χ3n) is 1.98. The van der Waals surface area contributed by atoms with Gasteiger partial charge in [-0.15, -0.1) is 0 Å². The van der Waals surface area contributed by atoms with Gasteiger partial charge in [-0.2, -0.15) is 0 Å². The fraction of sp³-hybridized carbons (Fsp3) is 0.364. The largest absolute Gasteiger partial charge is 0.387 e. The number of hydrogen-bond donors (Lipinski definition) is 3. The van der Waals surface area contributed by atoms with Crippen LogP contribution in [-0.4, -0.2) is 23.3 Å². The lowest BCUT2D eigenvalue weighted by Crippen LogP contribution is -2.37. The number of thiocarbonyl (C=S) groups is 1. The maximum absolute atomic E-state index is 9.79. The van der Waals surface area contributed by atoms with Crippen molar-refractivity contribution < 1.29 is 5.11 Å². The van der Waals surface area contributed by atoms with E-state index in [4.69, 9.17) is 12.2 Å². The lowest BCUT2D eigenvalue weighted by atomic mass is 10.1. The van der Waals surface area contributed by atoms with Crippen LogP contribution in [0.5, 0.6) is 0 Å². The molecule has 3 nitrogen and oxygen atoms in total. The van der Waals surface area contributed by atoms with E-state index < -0.39 is 6.10 Å². The van der Waals surface area contributed by atoms with E-state index >= 15 is 0 Å². The molecule has 4 heteroatoms. The predicted octanol–water partition coefficient (Wildman–Crippen LogP) is 1.20. The van der Waals surface area contributed by atoms with Gasteiger partial charge in [0.05, 0.1) is 6.10 Å². The summed E-state index contributed by atoms with van der Waals surface area (Å²) >= 11 is 4.99. The molecule has 0 amide bonds. The highest BCUT2D eigenvalue weighted by molar-refractivity contribution is 7.80. The molecule has 0 aromatic heterocycles. The first-order valence-electron chi connectivity index (χ1n) is 4.98. The third-order valence-corrected chi connectivity index (χ3v) is 2.27. The molecular weight excluding hydrogens is 208 g/mol. The Morgan fingerprint density at radius 3 is 2.60 bits per heavy atom. The van der Waals surface area contributed by atoms with Crippen molar-refractivity contribution in [3.05, 3.63) is 35.9 Å². The summed E-state index contributed by atoms with van der Waals surface area (Å²) < 4.78 is 0. The molecular formula is C11H16N2OS. The summed E-state index contributed by atoms with van der Waals surface area (Å²) in [7, 11) is 0. The van der Waals surface area contributed by atoms with Crippen molar-refractivity contribution in [3.63, 3.8) is 0 Å². The highest BCUT2D eigenvalue weighted by atomic mass is 32.1. The summed E-state index contributed by atoms with van der Waals surface area (Å²) in [6, 6.07) is 9.51. The number of rotatable bonds is 4. The molecule has 1 rings (SSSR count). The number of aliphatic hydroxyl groups is 1. The van der Waals surface area contributed by atoms with E-state index in [1.807, 2.05) is 37.3 Å². The molecule has 0 saturated heterocycles. The van der Waals surface area contributed by atoms with Gasteiger partial charge in [-0.25, -0.2) is 0 Å². The highest BCUT2D eigenvalue weighted by Crippen LogP contribution is 2.10. The zero-order valence-electron chi connectivity index (χ0n) is 8.73. The molecule has 0 bridgehead atoms. The molecule has 15 heavy (non-hydrogen) atoms. The van der Waals surface area contributed by atoms with E-state index in [0.717, 1.165) is 12.1 Å². The molecule has 0 saturated carbocycles. The van der Waals surface area contributed by atoms with Gasteiger partial charge in [-0.3, -0.25) is 0 Å². The molecule has 1 aromatic carbocycles. The topological polar surface area (TPSA) is 44.3 Å². The van der Waals surface area contributed by atoms with Crippen LogP contribution in [0, 0.1) is 0 Å². The Morgan fingerprint density at radius 1 is 1.33 bits per heavy atom. The lowest BCUT2D eigenvalue weighted by Gasteiger charge is -2.13. The summed E-state index contributed by atoms with van der Waals surface area (Å²) in [6.07, 6.45) is -0.525. The van der Waals surface area contributed by atoms with Crippen molar-refractivity contribution in [2.24, 2.45) is 0 Å². The second kappa shape index (κ2) is 6.37. The highest BCUT2D eigenvalue weighted by Gasteiger charge is 2.06. The van der Waals surface area contributed by atoms with Crippen LogP contribution in [0.3, 0.4) is 0 Å². The minimum Gasteiger partial charge on any atom is -0.387 e. The molecule has 0 aliphatic carbocycles. The van der Waals surface area contributed by atoms with Gasteiger partial charge >= 0.3 is 0 Å². The molecule has 3 N–H and O–H groups in total. The van der Waals surface area contributed by atoms with E-state index in [1.54, 1.807) is 0 Å². The fourth-order valence-corrected chi connectivity index (χ4v) is 1.43. The van der Waals surface area contributed by atoms with Crippen LogP contribution >= 0.6 is 12.2 Å². The normalized spacial score (nSPS) is 11.9. The van der Waals surface area contributed by atoms with Crippen molar-refractivity contribution >= 4 is 17.3 Å². The molecule has 1 aromatic rings. The quantitative estimate of drug-likeness (QED) is 0.673. The van der Waals surface area contributed by atoms with Crippen molar-refractivity contribution in [1.82, 2.24) is 10.6 Å². The van der Waals surface area contributed by atoms with E-state index in [9.17, 15) is 5.11 Å². The molecule has 0 aliphatic rings. The zero-order valence-corrected chi connectivity index (χ0v) is 9.55. The minimum absolute atomic E-state index is 0.426. The van der Waals surface area contributed by atoms with Crippen LogP contribution in [0.4, 0.5) is 0 Å². The Hall–Kier alpha value is -1.13. The predicted molar refractivity (Wildman–Crippen MR) is 65.7 cm³/mol. The van der Waals surface area contributed by atoms with Crippen molar-refractivity contribution in [2.45, 2.75) is 13.0 Å². The minimum atomic E-state index is -0.525.